The first-order valence-electron chi connectivity index (χ1n) is 6.53. The summed E-state index contributed by atoms with van der Waals surface area (Å²) in [4.78, 5) is 4.27. The number of aromatic nitrogens is 1. The van der Waals surface area contributed by atoms with Crippen LogP contribution in [-0.4, -0.2) is 30.8 Å². The Kier molecular flexibility index (Phi) is 6.50. The molecule has 0 aromatic carbocycles. The Morgan fingerprint density at radius 1 is 1.28 bits per heavy atom. The van der Waals surface area contributed by atoms with Crippen LogP contribution in [0.15, 0.2) is 18.3 Å². The summed E-state index contributed by atoms with van der Waals surface area (Å²) in [6.07, 6.45) is 1.90. The lowest BCUT2D eigenvalue weighted by molar-refractivity contribution is 0.118. The van der Waals surface area contributed by atoms with E-state index in [9.17, 15) is 0 Å². The van der Waals surface area contributed by atoms with Crippen LogP contribution in [0.1, 0.15) is 27.7 Å². The maximum atomic E-state index is 5.67. The van der Waals surface area contributed by atoms with Crippen molar-refractivity contribution >= 4 is 5.82 Å². The van der Waals surface area contributed by atoms with Crippen molar-refractivity contribution in [3.05, 3.63) is 18.3 Å². The van der Waals surface area contributed by atoms with Gasteiger partial charge >= 0.3 is 0 Å². The number of pyridine rings is 1. The first kappa shape index (κ1) is 14.8. The first-order chi connectivity index (χ1) is 8.59. The van der Waals surface area contributed by atoms with Gasteiger partial charge in [0.2, 0.25) is 0 Å². The van der Waals surface area contributed by atoms with Gasteiger partial charge in [0, 0.05) is 19.3 Å². The molecule has 0 fully saturated rings. The van der Waals surface area contributed by atoms with Gasteiger partial charge in [0.1, 0.15) is 0 Å². The summed E-state index contributed by atoms with van der Waals surface area (Å²) >= 11 is 0. The molecule has 1 aromatic heterocycles. The predicted molar refractivity (Wildman–Crippen MR) is 74.1 cm³/mol. The average Bonchev–Trinajstić information content (AvgIpc) is 2.29. The molecule has 1 N–H and O–H groups in total. The highest BCUT2D eigenvalue weighted by atomic mass is 16.5. The van der Waals surface area contributed by atoms with Crippen molar-refractivity contribution in [1.29, 1.82) is 0 Å². The van der Waals surface area contributed by atoms with Gasteiger partial charge in [0.15, 0.2) is 11.6 Å². The second-order valence-corrected chi connectivity index (χ2v) is 4.91. The fourth-order valence-electron chi connectivity index (χ4n) is 1.43. The van der Waals surface area contributed by atoms with Crippen LogP contribution in [0.4, 0.5) is 5.82 Å². The number of nitrogens with zero attached hydrogens (tertiary/aromatic N) is 1. The number of hydrogen-bond acceptors (Lipinski definition) is 4. The smallest absolute Gasteiger partial charge is 0.168 e. The van der Waals surface area contributed by atoms with Crippen LogP contribution in [-0.2, 0) is 4.74 Å². The molecule has 4 heteroatoms. The highest BCUT2D eigenvalue weighted by Gasteiger charge is 2.05. The summed E-state index contributed by atoms with van der Waals surface area (Å²) in [5.74, 6) is 2.13. The van der Waals surface area contributed by atoms with Crippen LogP contribution in [0.3, 0.4) is 0 Å². The molecule has 0 amide bonds. The maximum absolute atomic E-state index is 5.67. The molecule has 18 heavy (non-hydrogen) atoms. The summed E-state index contributed by atoms with van der Waals surface area (Å²) in [7, 11) is 0. The highest BCUT2D eigenvalue weighted by molar-refractivity contribution is 5.49. The van der Waals surface area contributed by atoms with Gasteiger partial charge in [-0.1, -0.05) is 13.8 Å². The molecule has 0 radical (unpaired) electrons. The van der Waals surface area contributed by atoms with Gasteiger partial charge in [0.05, 0.1) is 12.7 Å². The predicted octanol–water partition coefficient (Wildman–Crippen LogP) is 2.95. The Hall–Kier alpha value is -1.29. The molecule has 102 valence electrons. The van der Waals surface area contributed by atoms with Crippen molar-refractivity contribution < 1.29 is 9.47 Å². The van der Waals surface area contributed by atoms with Crippen LogP contribution >= 0.6 is 0 Å². The Morgan fingerprint density at radius 3 is 2.72 bits per heavy atom. The lowest BCUT2D eigenvalue weighted by Gasteiger charge is -2.14. The molecule has 1 heterocycles. The molecule has 0 aliphatic heterocycles. The number of rotatable bonds is 8. The van der Waals surface area contributed by atoms with E-state index in [-0.39, 0.29) is 6.10 Å². The van der Waals surface area contributed by atoms with E-state index >= 15 is 0 Å². The Bertz CT molecular complexity index is 340. The van der Waals surface area contributed by atoms with Gasteiger partial charge < -0.3 is 14.8 Å². The lowest BCUT2D eigenvalue weighted by atomic mass is 10.2. The molecule has 0 aliphatic rings. The minimum Gasteiger partial charge on any atom is -0.487 e. The van der Waals surface area contributed by atoms with E-state index in [1.54, 1.807) is 6.20 Å². The number of anilines is 1. The summed E-state index contributed by atoms with van der Waals surface area (Å²) in [6.45, 7) is 10.5. The van der Waals surface area contributed by atoms with E-state index in [1.807, 2.05) is 26.0 Å². The van der Waals surface area contributed by atoms with Crippen molar-refractivity contribution in [1.82, 2.24) is 4.98 Å². The van der Waals surface area contributed by atoms with E-state index < -0.39 is 0 Å². The standard InChI is InChI=1S/C14H24N2O2/c1-11(2)10-17-9-8-16-14-13(18-12(3)4)6-5-7-15-14/h5-7,11-12H,8-10H2,1-4H3,(H,15,16). The van der Waals surface area contributed by atoms with Crippen molar-refractivity contribution in [3.63, 3.8) is 0 Å². The molecule has 0 unspecified atom stereocenters. The second kappa shape index (κ2) is 7.93. The average molecular weight is 252 g/mol. The molecule has 1 aromatic rings. The summed E-state index contributed by atoms with van der Waals surface area (Å²) in [5, 5.41) is 3.23. The molecule has 0 saturated carbocycles. The fourth-order valence-corrected chi connectivity index (χ4v) is 1.43. The van der Waals surface area contributed by atoms with Crippen LogP contribution in [0.5, 0.6) is 5.75 Å². The minimum absolute atomic E-state index is 0.145. The van der Waals surface area contributed by atoms with Crippen LogP contribution in [0.2, 0.25) is 0 Å². The zero-order valence-electron chi connectivity index (χ0n) is 11.8. The third-order valence-corrected chi connectivity index (χ3v) is 2.12. The van der Waals surface area contributed by atoms with E-state index in [4.69, 9.17) is 9.47 Å². The van der Waals surface area contributed by atoms with Gasteiger partial charge in [-0.05, 0) is 31.9 Å². The summed E-state index contributed by atoms with van der Waals surface area (Å²) < 4.78 is 11.2. The largest absolute Gasteiger partial charge is 0.487 e. The van der Waals surface area contributed by atoms with Crippen molar-refractivity contribution in [2.24, 2.45) is 5.92 Å². The van der Waals surface area contributed by atoms with E-state index in [0.29, 0.717) is 12.5 Å². The van der Waals surface area contributed by atoms with E-state index in [2.05, 4.69) is 24.1 Å². The second-order valence-electron chi connectivity index (χ2n) is 4.91. The van der Waals surface area contributed by atoms with E-state index in [0.717, 1.165) is 24.7 Å². The van der Waals surface area contributed by atoms with Gasteiger partial charge in [-0.25, -0.2) is 4.98 Å². The van der Waals surface area contributed by atoms with Crippen molar-refractivity contribution in [2.75, 3.05) is 25.1 Å². The van der Waals surface area contributed by atoms with Gasteiger partial charge in [-0.2, -0.15) is 0 Å². The molecule has 0 bridgehead atoms. The molecule has 4 nitrogen and oxygen atoms in total. The molecular formula is C14H24N2O2. The zero-order chi connectivity index (χ0) is 13.4. The van der Waals surface area contributed by atoms with Crippen molar-refractivity contribution in [2.45, 2.75) is 33.8 Å². The maximum Gasteiger partial charge on any atom is 0.168 e. The van der Waals surface area contributed by atoms with Crippen LogP contribution in [0, 0.1) is 5.92 Å². The normalized spacial score (nSPS) is 11.0. The van der Waals surface area contributed by atoms with E-state index in [1.165, 1.54) is 0 Å². The highest BCUT2D eigenvalue weighted by Crippen LogP contribution is 2.21. The van der Waals surface area contributed by atoms with Gasteiger partial charge in [-0.3, -0.25) is 0 Å². The van der Waals surface area contributed by atoms with Crippen molar-refractivity contribution in [3.8, 4) is 5.75 Å². The monoisotopic (exact) mass is 252 g/mol. The Labute approximate surface area is 110 Å². The minimum atomic E-state index is 0.145. The van der Waals surface area contributed by atoms with Gasteiger partial charge in [0.25, 0.3) is 0 Å². The van der Waals surface area contributed by atoms with Crippen LogP contribution < -0.4 is 10.1 Å². The Balaban J connectivity index is 2.37. The third-order valence-electron chi connectivity index (χ3n) is 2.12. The SMILES string of the molecule is CC(C)COCCNc1ncccc1OC(C)C. The summed E-state index contributed by atoms with van der Waals surface area (Å²) in [6, 6.07) is 3.79. The van der Waals surface area contributed by atoms with Crippen LogP contribution in [0.25, 0.3) is 0 Å². The topological polar surface area (TPSA) is 43.4 Å². The molecule has 0 saturated heterocycles. The Morgan fingerprint density at radius 2 is 2.06 bits per heavy atom. The zero-order valence-corrected chi connectivity index (χ0v) is 11.8. The number of hydrogen-bond donors (Lipinski definition) is 1. The molecular weight excluding hydrogens is 228 g/mol. The summed E-state index contributed by atoms with van der Waals surface area (Å²) in [5.41, 5.74) is 0. The fraction of sp³-hybridized carbons (Fsp3) is 0.643. The first-order valence-corrected chi connectivity index (χ1v) is 6.53. The van der Waals surface area contributed by atoms with Gasteiger partial charge in [-0.15, -0.1) is 0 Å². The molecule has 0 aliphatic carbocycles. The number of ether oxygens (including phenoxy) is 2. The third kappa shape index (κ3) is 5.87. The number of nitrogens with one attached hydrogen (secondary N) is 1. The molecule has 1 rings (SSSR count). The lowest BCUT2D eigenvalue weighted by Crippen LogP contribution is -2.14. The molecule has 0 spiro atoms. The quantitative estimate of drug-likeness (QED) is 0.722. The molecule has 0 atom stereocenters.